The highest BCUT2D eigenvalue weighted by Gasteiger charge is 2.35. The minimum Gasteiger partial charge on any atom is -0.438 e. The van der Waals surface area contributed by atoms with E-state index in [0.29, 0.717) is 13.0 Å². The average molecular weight is 318 g/mol. The number of ether oxygens (including phenoxy) is 1. The first kappa shape index (κ1) is 15.7. The average Bonchev–Trinajstić information content (AvgIpc) is 3.11. The van der Waals surface area contributed by atoms with Crippen LogP contribution in [0.25, 0.3) is 0 Å². The van der Waals surface area contributed by atoms with Gasteiger partial charge in [0.25, 0.3) is 5.91 Å². The van der Waals surface area contributed by atoms with Gasteiger partial charge in [-0.05, 0) is 37.0 Å². The van der Waals surface area contributed by atoms with Crippen LogP contribution in [0.15, 0.2) is 41.3 Å². The van der Waals surface area contributed by atoms with Crippen LogP contribution < -0.4 is 0 Å². The molecule has 1 aliphatic rings. The van der Waals surface area contributed by atoms with Gasteiger partial charge in [0.05, 0.1) is 18.3 Å². The predicted molar refractivity (Wildman–Crippen MR) is 81.5 cm³/mol. The molecule has 1 aromatic carbocycles. The van der Waals surface area contributed by atoms with Crippen LogP contribution in [0.3, 0.4) is 0 Å². The SMILES string of the molecule is CO[C@H]1CCCN(C(=O)c2cnco2)[C@H]1Cc1ccc(F)cc1. The van der Waals surface area contributed by atoms with E-state index in [4.69, 9.17) is 9.15 Å². The van der Waals surface area contributed by atoms with E-state index in [-0.39, 0.29) is 29.6 Å². The van der Waals surface area contributed by atoms with Gasteiger partial charge in [0, 0.05) is 13.7 Å². The van der Waals surface area contributed by atoms with Crippen LogP contribution in [0, 0.1) is 5.82 Å². The molecule has 2 aromatic rings. The molecule has 3 rings (SSSR count). The van der Waals surface area contributed by atoms with Crippen LogP contribution in [0.2, 0.25) is 0 Å². The summed E-state index contributed by atoms with van der Waals surface area (Å²) in [7, 11) is 1.66. The van der Waals surface area contributed by atoms with E-state index in [1.54, 1.807) is 24.1 Å². The number of oxazole rings is 1. The lowest BCUT2D eigenvalue weighted by molar-refractivity contribution is -0.0129. The van der Waals surface area contributed by atoms with Crippen molar-refractivity contribution in [3.63, 3.8) is 0 Å². The summed E-state index contributed by atoms with van der Waals surface area (Å²) in [6.45, 7) is 0.644. The van der Waals surface area contributed by atoms with E-state index in [1.165, 1.54) is 24.7 Å². The van der Waals surface area contributed by atoms with Gasteiger partial charge in [-0.3, -0.25) is 4.79 Å². The number of halogens is 1. The van der Waals surface area contributed by atoms with Crippen LogP contribution in [0.1, 0.15) is 29.0 Å². The number of carbonyl (C=O) groups excluding carboxylic acids is 1. The number of nitrogens with zero attached hydrogens (tertiary/aromatic N) is 2. The summed E-state index contributed by atoms with van der Waals surface area (Å²) >= 11 is 0. The first-order valence-corrected chi connectivity index (χ1v) is 7.65. The molecule has 0 bridgehead atoms. The molecule has 1 aromatic heterocycles. The van der Waals surface area contributed by atoms with Gasteiger partial charge < -0.3 is 14.1 Å². The molecule has 5 nitrogen and oxygen atoms in total. The van der Waals surface area contributed by atoms with E-state index >= 15 is 0 Å². The van der Waals surface area contributed by atoms with E-state index in [9.17, 15) is 9.18 Å². The molecule has 2 atom stereocenters. The molecule has 122 valence electrons. The van der Waals surface area contributed by atoms with E-state index in [2.05, 4.69) is 4.98 Å². The van der Waals surface area contributed by atoms with Crippen LogP contribution in [0.4, 0.5) is 4.39 Å². The molecule has 0 unspecified atom stereocenters. The highest BCUT2D eigenvalue weighted by molar-refractivity contribution is 5.91. The Balaban J connectivity index is 1.83. The molecule has 2 heterocycles. The van der Waals surface area contributed by atoms with Crippen LogP contribution in [0.5, 0.6) is 0 Å². The summed E-state index contributed by atoms with van der Waals surface area (Å²) in [6, 6.07) is 6.24. The van der Waals surface area contributed by atoms with Gasteiger partial charge >= 0.3 is 0 Å². The fourth-order valence-corrected chi connectivity index (χ4v) is 3.12. The third-order valence-electron chi connectivity index (χ3n) is 4.28. The number of amides is 1. The van der Waals surface area contributed by atoms with E-state index in [1.807, 2.05) is 0 Å². The van der Waals surface area contributed by atoms with Gasteiger partial charge in [-0.2, -0.15) is 0 Å². The van der Waals surface area contributed by atoms with Crippen molar-refractivity contribution in [2.24, 2.45) is 0 Å². The monoisotopic (exact) mass is 318 g/mol. The van der Waals surface area contributed by atoms with Crippen LogP contribution >= 0.6 is 0 Å². The zero-order chi connectivity index (χ0) is 16.2. The minimum absolute atomic E-state index is 0.0549. The fraction of sp³-hybridized carbons (Fsp3) is 0.412. The van der Waals surface area contributed by atoms with E-state index in [0.717, 1.165) is 18.4 Å². The Bertz CT molecular complexity index is 642. The second-order valence-electron chi connectivity index (χ2n) is 5.68. The number of likely N-dealkylation sites (tertiary alicyclic amines) is 1. The third-order valence-corrected chi connectivity index (χ3v) is 4.28. The number of hydrogen-bond acceptors (Lipinski definition) is 4. The lowest BCUT2D eigenvalue weighted by atomic mass is 9.92. The van der Waals surface area contributed by atoms with Crippen molar-refractivity contribution in [1.82, 2.24) is 9.88 Å². The van der Waals surface area contributed by atoms with Gasteiger partial charge in [-0.25, -0.2) is 9.37 Å². The van der Waals surface area contributed by atoms with Gasteiger partial charge in [-0.15, -0.1) is 0 Å². The topological polar surface area (TPSA) is 55.6 Å². The Labute approximate surface area is 134 Å². The van der Waals surface area contributed by atoms with Crippen molar-refractivity contribution in [3.8, 4) is 0 Å². The zero-order valence-electron chi connectivity index (χ0n) is 12.9. The van der Waals surface area contributed by atoms with Crippen molar-refractivity contribution in [2.75, 3.05) is 13.7 Å². The molecular weight excluding hydrogens is 299 g/mol. The smallest absolute Gasteiger partial charge is 0.291 e. The second-order valence-corrected chi connectivity index (χ2v) is 5.68. The molecule has 6 heteroatoms. The molecule has 0 radical (unpaired) electrons. The number of piperidine rings is 1. The molecule has 0 N–H and O–H groups in total. The summed E-state index contributed by atoms with van der Waals surface area (Å²) in [6.07, 6.45) is 4.99. The van der Waals surface area contributed by atoms with Gasteiger partial charge in [0.1, 0.15) is 5.82 Å². The van der Waals surface area contributed by atoms with Crippen molar-refractivity contribution in [1.29, 1.82) is 0 Å². The van der Waals surface area contributed by atoms with Gasteiger partial charge in [-0.1, -0.05) is 12.1 Å². The third kappa shape index (κ3) is 3.42. The number of hydrogen-bond donors (Lipinski definition) is 0. The molecule has 1 aliphatic heterocycles. The number of carbonyl (C=O) groups is 1. The standard InChI is InChI=1S/C17H19FN2O3/c1-22-15-3-2-8-20(17(21)16-10-19-11-23-16)14(15)9-12-4-6-13(18)7-5-12/h4-7,10-11,14-15H,2-3,8-9H2,1H3/t14-,15-/m0/s1. The molecule has 1 saturated heterocycles. The van der Waals surface area contributed by atoms with Gasteiger partial charge in [0.15, 0.2) is 6.39 Å². The number of aromatic nitrogens is 1. The first-order chi connectivity index (χ1) is 11.2. The molecular formula is C17H19FN2O3. The Morgan fingerprint density at radius 3 is 2.87 bits per heavy atom. The summed E-state index contributed by atoms with van der Waals surface area (Å²) in [5.41, 5.74) is 0.968. The number of rotatable bonds is 4. The Morgan fingerprint density at radius 1 is 1.43 bits per heavy atom. The lowest BCUT2D eigenvalue weighted by Gasteiger charge is -2.40. The Kier molecular flexibility index (Phi) is 4.71. The van der Waals surface area contributed by atoms with Crippen molar-refractivity contribution in [3.05, 3.63) is 54.0 Å². The van der Waals surface area contributed by atoms with Crippen molar-refractivity contribution < 1.29 is 18.3 Å². The summed E-state index contributed by atoms with van der Waals surface area (Å²) in [5, 5.41) is 0. The molecule has 0 spiro atoms. The number of benzene rings is 1. The largest absolute Gasteiger partial charge is 0.438 e. The maximum Gasteiger partial charge on any atom is 0.291 e. The lowest BCUT2D eigenvalue weighted by Crippen LogP contribution is -2.52. The fourth-order valence-electron chi connectivity index (χ4n) is 3.12. The van der Waals surface area contributed by atoms with Gasteiger partial charge in [0.2, 0.25) is 5.76 Å². The zero-order valence-corrected chi connectivity index (χ0v) is 12.9. The second kappa shape index (κ2) is 6.91. The van der Waals surface area contributed by atoms with Crippen molar-refractivity contribution >= 4 is 5.91 Å². The maximum absolute atomic E-state index is 13.1. The minimum atomic E-state index is -0.268. The highest BCUT2D eigenvalue weighted by Crippen LogP contribution is 2.25. The first-order valence-electron chi connectivity index (χ1n) is 7.65. The maximum atomic E-state index is 13.1. The molecule has 1 amide bonds. The Morgan fingerprint density at radius 2 is 2.22 bits per heavy atom. The molecule has 23 heavy (non-hydrogen) atoms. The predicted octanol–water partition coefficient (Wildman–Crippen LogP) is 2.68. The normalized spacial score (nSPS) is 21.4. The molecule has 0 aliphatic carbocycles. The molecule has 1 fully saturated rings. The molecule has 0 saturated carbocycles. The summed E-state index contributed by atoms with van der Waals surface area (Å²) in [5.74, 6) is -0.225. The van der Waals surface area contributed by atoms with Crippen LogP contribution in [-0.4, -0.2) is 41.6 Å². The van der Waals surface area contributed by atoms with Crippen LogP contribution in [-0.2, 0) is 11.2 Å². The summed E-state index contributed by atoms with van der Waals surface area (Å²) < 4.78 is 23.8. The quantitative estimate of drug-likeness (QED) is 0.870. The van der Waals surface area contributed by atoms with Crippen molar-refractivity contribution in [2.45, 2.75) is 31.4 Å². The highest BCUT2D eigenvalue weighted by atomic mass is 19.1. The summed E-state index contributed by atoms with van der Waals surface area (Å²) in [4.78, 5) is 18.2. The Hall–Kier alpha value is -2.21. The number of methoxy groups -OCH3 is 1. The van der Waals surface area contributed by atoms with E-state index < -0.39 is 0 Å².